The molecule has 1 N–H and O–H groups in total. The number of anilines is 1. The molecule has 0 aliphatic rings. The number of benzene rings is 3. The van der Waals surface area contributed by atoms with Crippen molar-refractivity contribution in [2.24, 2.45) is 0 Å². The van der Waals surface area contributed by atoms with Crippen LogP contribution < -0.4 is 9.62 Å². The lowest BCUT2D eigenvalue weighted by molar-refractivity contribution is -0.139. The van der Waals surface area contributed by atoms with Gasteiger partial charge in [-0.25, -0.2) is 8.42 Å². The molecule has 0 spiro atoms. The minimum atomic E-state index is -4.09. The van der Waals surface area contributed by atoms with Gasteiger partial charge in [-0.1, -0.05) is 60.5 Å². The third-order valence-corrected chi connectivity index (χ3v) is 9.10. The number of carbonyl (C=O) groups excluding carboxylic acids is 2. The zero-order valence-electron chi connectivity index (χ0n) is 24.6. The SMILES string of the molecule is CC[C@H](C)NC(=O)[C@H](C)N(Cc1ccc(C)cc1)C(=O)CN(c1ccc(C)c(C)c1)S(=O)(=O)c1ccc(C)cc1. The number of nitrogens with one attached hydrogen (secondary N) is 1. The fraction of sp³-hybridized carbons (Fsp3) is 0.375. The van der Waals surface area contributed by atoms with Crippen molar-refractivity contribution in [3.63, 3.8) is 0 Å². The van der Waals surface area contributed by atoms with Gasteiger partial charge in [-0.3, -0.25) is 13.9 Å². The Hall–Kier alpha value is -3.65. The first-order valence-corrected chi connectivity index (χ1v) is 15.1. The standard InChI is InChI=1S/C32H41N3O4S/c1-8-26(6)33-32(37)27(7)34(20-28-14-9-22(2)10-15-28)31(36)21-35(29-16-13-24(4)25(5)19-29)40(38,39)30-17-11-23(3)12-18-30/h9-19,26-27H,8,20-21H2,1-7H3,(H,33,37)/t26-,27-/m0/s1. The molecule has 0 heterocycles. The quantitative estimate of drug-likeness (QED) is 0.336. The molecule has 0 radical (unpaired) electrons. The van der Waals surface area contributed by atoms with Crippen LogP contribution in [0.2, 0.25) is 0 Å². The van der Waals surface area contributed by atoms with E-state index < -0.39 is 28.5 Å². The van der Waals surface area contributed by atoms with Gasteiger partial charge in [0.2, 0.25) is 11.8 Å². The lowest BCUT2D eigenvalue weighted by atomic mass is 10.1. The van der Waals surface area contributed by atoms with Crippen LogP contribution in [0, 0.1) is 27.7 Å². The fourth-order valence-corrected chi connectivity index (χ4v) is 5.59. The maximum Gasteiger partial charge on any atom is 0.264 e. The number of hydrogen-bond donors (Lipinski definition) is 1. The van der Waals surface area contributed by atoms with Crippen LogP contribution in [0.1, 0.15) is 55.0 Å². The molecule has 3 aromatic carbocycles. The highest BCUT2D eigenvalue weighted by atomic mass is 32.2. The molecule has 40 heavy (non-hydrogen) atoms. The molecule has 214 valence electrons. The van der Waals surface area contributed by atoms with E-state index in [-0.39, 0.29) is 23.4 Å². The van der Waals surface area contributed by atoms with Gasteiger partial charge in [-0.05, 0) is 88.9 Å². The van der Waals surface area contributed by atoms with Gasteiger partial charge >= 0.3 is 0 Å². The minimum absolute atomic E-state index is 0.0553. The van der Waals surface area contributed by atoms with E-state index in [1.54, 1.807) is 43.3 Å². The van der Waals surface area contributed by atoms with Crippen LogP contribution in [-0.2, 0) is 26.2 Å². The van der Waals surface area contributed by atoms with E-state index in [1.165, 1.54) is 4.90 Å². The van der Waals surface area contributed by atoms with E-state index in [1.807, 2.05) is 71.9 Å². The van der Waals surface area contributed by atoms with Gasteiger partial charge in [0.15, 0.2) is 0 Å². The monoisotopic (exact) mass is 563 g/mol. The normalized spacial score (nSPS) is 12.9. The molecule has 3 rings (SSSR count). The number of carbonyl (C=O) groups is 2. The average molecular weight is 564 g/mol. The first-order valence-electron chi connectivity index (χ1n) is 13.7. The van der Waals surface area contributed by atoms with Gasteiger partial charge in [0, 0.05) is 12.6 Å². The average Bonchev–Trinajstić information content (AvgIpc) is 2.92. The van der Waals surface area contributed by atoms with E-state index >= 15 is 0 Å². The van der Waals surface area contributed by atoms with Crippen LogP contribution in [0.4, 0.5) is 5.69 Å². The molecule has 0 saturated carbocycles. The van der Waals surface area contributed by atoms with Gasteiger partial charge in [0.25, 0.3) is 10.0 Å². The zero-order valence-corrected chi connectivity index (χ0v) is 25.4. The van der Waals surface area contributed by atoms with Gasteiger partial charge in [-0.15, -0.1) is 0 Å². The number of sulfonamides is 1. The molecule has 3 aromatic rings. The Morgan fingerprint density at radius 3 is 1.95 bits per heavy atom. The summed E-state index contributed by atoms with van der Waals surface area (Å²) in [4.78, 5) is 28.7. The van der Waals surface area contributed by atoms with E-state index in [9.17, 15) is 18.0 Å². The number of amides is 2. The highest BCUT2D eigenvalue weighted by Crippen LogP contribution is 2.27. The number of hydrogen-bond acceptors (Lipinski definition) is 4. The molecule has 2 amide bonds. The van der Waals surface area contributed by atoms with Crippen molar-refractivity contribution in [1.82, 2.24) is 10.2 Å². The molecular formula is C32H41N3O4S. The summed E-state index contributed by atoms with van der Waals surface area (Å²) in [5.41, 5.74) is 5.17. The van der Waals surface area contributed by atoms with Crippen LogP contribution >= 0.6 is 0 Å². The van der Waals surface area contributed by atoms with Crippen molar-refractivity contribution in [1.29, 1.82) is 0 Å². The lowest BCUT2D eigenvalue weighted by Gasteiger charge is -2.32. The summed E-state index contributed by atoms with van der Waals surface area (Å²) in [6, 6.07) is 18.8. The van der Waals surface area contributed by atoms with E-state index in [2.05, 4.69) is 5.32 Å². The van der Waals surface area contributed by atoms with Gasteiger partial charge in [-0.2, -0.15) is 0 Å². The van der Waals surface area contributed by atoms with Crippen LogP contribution in [0.3, 0.4) is 0 Å². The molecular weight excluding hydrogens is 522 g/mol. The molecule has 0 bridgehead atoms. The summed E-state index contributed by atoms with van der Waals surface area (Å²) in [6.07, 6.45) is 0.750. The van der Waals surface area contributed by atoms with Gasteiger partial charge < -0.3 is 10.2 Å². The second-order valence-electron chi connectivity index (χ2n) is 10.6. The molecule has 2 atom stereocenters. The zero-order chi connectivity index (χ0) is 29.6. The van der Waals surface area contributed by atoms with Gasteiger partial charge in [0.05, 0.1) is 10.6 Å². The number of rotatable bonds is 11. The van der Waals surface area contributed by atoms with Crippen LogP contribution in [0.5, 0.6) is 0 Å². The van der Waals surface area contributed by atoms with Crippen LogP contribution in [0.25, 0.3) is 0 Å². The Bertz CT molecular complexity index is 1430. The second-order valence-corrected chi connectivity index (χ2v) is 12.5. The summed E-state index contributed by atoms with van der Waals surface area (Å²) in [6.45, 7) is 13.0. The predicted octanol–water partition coefficient (Wildman–Crippen LogP) is 5.45. The van der Waals surface area contributed by atoms with E-state index in [0.717, 1.165) is 38.5 Å². The van der Waals surface area contributed by atoms with E-state index in [4.69, 9.17) is 0 Å². The molecule has 0 aliphatic heterocycles. The molecule has 7 nitrogen and oxygen atoms in total. The maximum atomic E-state index is 14.0. The summed E-state index contributed by atoms with van der Waals surface area (Å²) < 4.78 is 29.1. The molecule has 0 unspecified atom stereocenters. The molecule has 0 aromatic heterocycles. The predicted molar refractivity (Wildman–Crippen MR) is 161 cm³/mol. The Labute approximate surface area is 239 Å². The first-order chi connectivity index (χ1) is 18.8. The second kappa shape index (κ2) is 13.1. The number of nitrogens with zero attached hydrogens (tertiary/aromatic N) is 2. The summed E-state index contributed by atoms with van der Waals surface area (Å²) in [5, 5.41) is 2.95. The topological polar surface area (TPSA) is 86.8 Å². The van der Waals surface area contributed by atoms with E-state index in [0.29, 0.717) is 5.69 Å². The van der Waals surface area contributed by atoms with Crippen molar-refractivity contribution in [2.45, 2.75) is 78.4 Å². The van der Waals surface area contributed by atoms with Gasteiger partial charge in [0.1, 0.15) is 12.6 Å². The Balaban J connectivity index is 2.04. The molecule has 0 saturated heterocycles. The molecule has 0 fully saturated rings. The third-order valence-electron chi connectivity index (χ3n) is 7.31. The Morgan fingerprint density at radius 2 is 1.40 bits per heavy atom. The van der Waals surface area contributed by atoms with Crippen LogP contribution in [-0.4, -0.2) is 43.8 Å². The highest BCUT2D eigenvalue weighted by molar-refractivity contribution is 7.92. The smallest absolute Gasteiger partial charge is 0.264 e. The molecule has 0 aliphatic carbocycles. The maximum absolute atomic E-state index is 14.0. The summed E-state index contributed by atoms with van der Waals surface area (Å²) >= 11 is 0. The minimum Gasteiger partial charge on any atom is -0.352 e. The number of aryl methyl sites for hydroxylation is 4. The van der Waals surface area contributed by atoms with Crippen molar-refractivity contribution >= 4 is 27.5 Å². The highest BCUT2D eigenvalue weighted by Gasteiger charge is 2.33. The lowest BCUT2D eigenvalue weighted by Crippen LogP contribution is -2.52. The fourth-order valence-electron chi connectivity index (χ4n) is 4.19. The van der Waals surface area contributed by atoms with Crippen molar-refractivity contribution in [3.8, 4) is 0 Å². The first kappa shape index (κ1) is 30.9. The Morgan fingerprint density at radius 1 is 0.825 bits per heavy atom. The van der Waals surface area contributed by atoms with Crippen molar-refractivity contribution in [2.75, 3.05) is 10.8 Å². The largest absolute Gasteiger partial charge is 0.352 e. The summed E-state index contributed by atoms with van der Waals surface area (Å²) in [7, 11) is -4.09. The van der Waals surface area contributed by atoms with Crippen molar-refractivity contribution < 1.29 is 18.0 Å². The van der Waals surface area contributed by atoms with Crippen molar-refractivity contribution in [3.05, 3.63) is 94.5 Å². The third kappa shape index (κ3) is 7.50. The van der Waals surface area contributed by atoms with Crippen LogP contribution in [0.15, 0.2) is 71.6 Å². The summed E-state index contributed by atoms with van der Waals surface area (Å²) in [5.74, 6) is -0.754. The Kier molecular flexibility index (Phi) is 10.1. The molecule has 8 heteroatoms.